The quantitative estimate of drug-likeness (QED) is 0.567. The topological polar surface area (TPSA) is 38.7 Å². The molecule has 0 bridgehead atoms. The Labute approximate surface area is 97.2 Å². The summed E-state index contributed by atoms with van der Waals surface area (Å²) in [5.41, 5.74) is 0.576. The highest BCUT2D eigenvalue weighted by molar-refractivity contribution is 6.01. The first-order valence-electron chi connectivity index (χ1n) is 5.51. The minimum Gasteiger partial charge on any atom is -0.481 e. The van der Waals surface area contributed by atoms with Crippen LogP contribution in [0.5, 0.6) is 0 Å². The van der Waals surface area contributed by atoms with Crippen LogP contribution in [-0.4, -0.2) is 18.4 Å². The smallest absolute Gasteiger partial charge is 0.279 e. The molecule has 88 valence electrons. The lowest BCUT2D eigenvalue weighted by atomic mass is 10.2. The molecule has 1 aromatic carbocycles. The maximum atomic E-state index is 11.5. The zero-order chi connectivity index (χ0) is 12.4. The molecule has 0 saturated heterocycles. The maximum absolute atomic E-state index is 11.5. The molecule has 0 spiro atoms. The SMILES string of the molecule is CC.CCOC(C)=NC(=O)c1ccccc1. The minimum atomic E-state index is -0.267. The fraction of sp³-hybridized carbons (Fsp3) is 0.385. The average molecular weight is 221 g/mol. The third-order valence-electron chi connectivity index (χ3n) is 1.63. The van der Waals surface area contributed by atoms with Gasteiger partial charge < -0.3 is 4.74 Å². The number of hydrogen-bond acceptors (Lipinski definition) is 2. The maximum Gasteiger partial charge on any atom is 0.279 e. The Morgan fingerprint density at radius 1 is 1.25 bits per heavy atom. The van der Waals surface area contributed by atoms with Gasteiger partial charge in [0.05, 0.1) is 6.61 Å². The number of aliphatic imine (C=N–C) groups is 1. The highest BCUT2D eigenvalue weighted by Gasteiger charge is 2.02. The molecule has 3 heteroatoms. The Bertz CT molecular complexity index is 331. The van der Waals surface area contributed by atoms with Crippen molar-refractivity contribution >= 4 is 11.8 Å². The molecule has 0 aromatic heterocycles. The summed E-state index contributed by atoms with van der Waals surface area (Å²) in [7, 11) is 0. The molecular formula is C13H19NO2. The number of carbonyl (C=O) groups is 1. The Balaban J connectivity index is 0.00000106. The summed E-state index contributed by atoms with van der Waals surface area (Å²) in [6.07, 6.45) is 0. The Morgan fingerprint density at radius 3 is 2.31 bits per heavy atom. The van der Waals surface area contributed by atoms with Crippen molar-refractivity contribution in [1.29, 1.82) is 0 Å². The van der Waals surface area contributed by atoms with Gasteiger partial charge in [-0.2, -0.15) is 4.99 Å². The van der Waals surface area contributed by atoms with Crippen molar-refractivity contribution in [1.82, 2.24) is 0 Å². The summed E-state index contributed by atoms with van der Waals surface area (Å²) in [6, 6.07) is 8.92. The monoisotopic (exact) mass is 221 g/mol. The van der Waals surface area contributed by atoms with Gasteiger partial charge in [-0.3, -0.25) is 4.79 Å². The first-order chi connectivity index (χ1) is 7.74. The molecule has 3 nitrogen and oxygen atoms in total. The van der Waals surface area contributed by atoms with Gasteiger partial charge in [-0.15, -0.1) is 0 Å². The van der Waals surface area contributed by atoms with E-state index in [0.717, 1.165) is 0 Å². The van der Waals surface area contributed by atoms with Crippen LogP contribution < -0.4 is 0 Å². The third kappa shape index (κ3) is 5.29. The van der Waals surface area contributed by atoms with Crippen molar-refractivity contribution in [2.45, 2.75) is 27.7 Å². The molecule has 0 aliphatic carbocycles. The highest BCUT2D eigenvalue weighted by atomic mass is 16.5. The number of nitrogens with zero attached hydrogens (tertiary/aromatic N) is 1. The predicted molar refractivity (Wildman–Crippen MR) is 66.9 cm³/mol. The van der Waals surface area contributed by atoms with E-state index in [0.29, 0.717) is 18.1 Å². The third-order valence-corrected chi connectivity index (χ3v) is 1.63. The second-order valence-electron chi connectivity index (χ2n) is 2.74. The van der Waals surface area contributed by atoms with Gasteiger partial charge in [0.25, 0.3) is 5.91 Å². The molecule has 0 N–H and O–H groups in total. The van der Waals surface area contributed by atoms with Gasteiger partial charge >= 0.3 is 0 Å². The molecule has 0 unspecified atom stereocenters. The van der Waals surface area contributed by atoms with Gasteiger partial charge in [0, 0.05) is 12.5 Å². The van der Waals surface area contributed by atoms with Crippen molar-refractivity contribution < 1.29 is 9.53 Å². The van der Waals surface area contributed by atoms with E-state index in [4.69, 9.17) is 4.74 Å². The fourth-order valence-electron chi connectivity index (χ4n) is 1.03. The van der Waals surface area contributed by atoms with Crippen LogP contribution in [0.15, 0.2) is 35.3 Å². The number of hydrogen-bond donors (Lipinski definition) is 0. The van der Waals surface area contributed by atoms with Crippen molar-refractivity contribution in [3.63, 3.8) is 0 Å². The number of rotatable bonds is 2. The second kappa shape index (κ2) is 8.65. The van der Waals surface area contributed by atoms with E-state index < -0.39 is 0 Å². The standard InChI is InChI=1S/C11H13NO2.C2H6/c1-3-14-9(2)12-11(13)10-7-5-4-6-8-10;1-2/h4-8H,3H2,1-2H3;1-2H3. The van der Waals surface area contributed by atoms with Crippen molar-refractivity contribution in [3.8, 4) is 0 Å². The van der Waals surface area contributed by atoms with Crippen LogP contribution in [0.4, 0.5) is 0 Å². The molecule has 0 fully saturated rings. The summed E-state index contributed by atoms with van der Waals surface area (Å²) in [4.78, 5) is 15.3. The summed E-state index contributed by atoms with van der Waals surface area (Å²) in [6.45, 7) is 8.05. The number of benzene rings is 1. The van der Waals surface area contributed by atoms with Crippen molar-refractivity contribution in [2.75, 3.05) is 6.61 Å². The molecule has 0 radical (unpaired) electrons. The van der Waals surface area contributed by atoms with Gasteiger partial charge in [-0.1, -0.05) is 32.0 Å². The van der Waals surface area contributed by atoms with E-state index in [2.05, 4.69) is 4.99 Å². The van der Waals surface area contributed by atoms with Gasteiger partial charge in [0.2, 0.25) is 0 Å². The van der Waals surface area contributed by atoms with Crippen LogP contribution in [0, 0.1) is 0 Å². The number of amides is 1. The van der Waals surface area contributed by atoms with E-state index in [1.165, 1.54) is 0 Å². The summed E-state index contributed by atoms with van der Waals surface area (Å²) in [5.74, 6) is 0.137. The van der Waals surface area contributed by atoms with Gasteiger partial charge in [-0.25, -0.2) is 0 Å². The first kappa shape index (κ1) is 14.4. The van der Waals surface area contributed by atoms with Gasteiger partial charge in [0.15, 0.2) is 5.90 Å². The van der Waals surface area contributed by atoms with E-state index in [9.17, 15) is 4.79 Å². The van der Waals surface area contributed by atoms with Crippen molar-refractivity contribution in [2.24, 2.45) is 4.99 Å². The van der Waals surface area contributed by atoms with E-state index in [1.807, 2.05) is 26.8 Å². The first-order valence-corrected chi connectivity index (χ1v) is 5.51. The highest BCUT2D eigenvalue weighted by Crippen LogP contribution is 2.01. The molecule has 0 heterocycles. The van der Waals surface area contributed by atoms with E-state index in [1.54, 1.807) is 31.2 Å². The lowest BCUT2D eigenvalue weighted by Gasteiger charge is -2.00. The number of carbonyl (C=O) groups excluding carboxylic acids is 1. The van der Waals surface area contributed by atoms with E-state index >= 15 is 0 Å². The van der Waals surface area contributed by atoms with Crippen LogP contribution >= 0.6 is 0 Å². The Hall–Kier alpha value is -1.64. The molecule has 16 heavy (non-hydrogen) atoms. The van der Waals surface area contributed by atoms with E-state index in [-0.39, 0.29) is 5.91 Å². The summed E-state index contributed by atoms with van der Waals surface area (Å²) >= 11 is 0. The lowest BCUT2D eigenvalue weighted by Crippen LogP contribution is -2.04. The Kier molecular flexibility index (Phi) is 7.76. The van der Waals surface area contributed by atoms with Gasteiger partial charge in [-0.05, 0) is 19.1 Å². The minimum absolute atomic E-state index is 0.267. The number of ether oxygens (including phenoxy) is 1. The molecule has 1 aromatic rings. The Morgan fingerprint density at radius 2 is 1.81 bits per heavy atom. The van der Waals surface area contributed by atoms with Crippen LogP contribution in [0.2, 0.25) is 0 Å². The van der Waals surface area contributed by atoms with Crippen LogP contribution in [0.1, 0.15) is 38.1 Å². The fourth-order valence-corrected chi connectivity index (χ4v) is 1.03. The lowest BCUT2D eigenvalue weighted by molar-refractivity contribution is 0.0999. The molecule has 1 rings (SSSR count). The van der Waals surface area contributed by atoms with Gasteiger partial charge in [0.1, 0.15) is 0 Å². The summed E-state index contributed by atoms with van der Waals surface area (Å²) < 4.78 is 5.06. The molecular weight excluding hydrogens is 202 g/mol. The summed E-state index contributed by atoms with van der Waals surface area (Å²) in [5, 5.41) is 0. The molecule has 1 amide bonds. The predicted octanol–water partition coefficient (Wildman–Crippen LogP) is 3.31. The van der Waals surface area contributed by atoms with Crippen LogP contribution in [0.3, 0.4) is 0 Å². The average Bonchev–Trinajstić information content (AvgIpc) is 2.33. The van der Waals surface area contributed by atoms with Crippen molar-refractivity contribution in [3.05, 3.63) is 35.9 Å². The largest absolute Gasteiger partial charge is 0.481 e. The normalized spacial score (nSPS) is 10.1. The second-order valence-corrected chi connectivity index (χ2v) is 2.74. The van der Waals surface area contributed by atoms with Crippen LogP contribution in [-0.2, 0) is 4.74 Å². The molecule has 0 saturated carbocycles. The van der Waals surface area contributed by atoms with Crippen LogP contribution in [0.25, 0.3) is 0 Å². The zero-order valence-corrected chi connectivity index (χ0v) is 10.4. The molecule has 0 aliphatic rings. The molecule has 0 aliphatic heterocycles. The zero-order valence-electron chi connectivity index (χ0n) is 10.4. The molecule has 0 atom stereocenters.